The monoisotopic (exact) mass is 269 g/mol. The van der Waals surface area contributed by atoms with Gasteiger partial charge in [0.2, 0.25) is 0 Å². The first-order chi connectivity index (χ1) is 9.70. The molecule has 0 heterocycles. The lowest BCUT2D eigenvalue weighted by molar-refractivity contribution is 0.317. The first-order valence-electron chi connectivity index (χ1n) is 7.22. The van der Waals surface area contributed by atoms with Gasteiger partial charge in [-0.1, -0.05) is 31.2 Å². The minimum absolute atomic E-state index is 0.764. The summed E-state index contributed by atoms with van der Waals surface area (Å²) in [5.41, 5.74) is 5.13. The van der Waals surface area contributed by atoms with Gasteiger partial charge in [0.1, 0.15) is 5.75 Å². The van der Waals surface area contributed by atoms with E-state index in [0.717, 1.165) is 31.0 Å². The second kappa shape index (κ2) is 6.99. The maximum Gasteiger partial charge on any atom is 0.121 e. The smallest absolute Gasteiger partial charge is 0.121 e. The summed E-state index contributed by atoms with van der Waals surface area (Å²) < 4.78 is 5.65. The van der Waals surface area contributed by atoms with Crippen molar-refractivity contribution in [3.05, 3.63) is 59.2 Å². The normalized spacial score (nSPS) is 10.3. The molecule has 0 fully saturated rings. The third-order valence-corrected chi connectivity index (χ3v) is 3.51. The molecule has 0 aliphatic heterocycles. The summed E-state index contributed by atoms with van der Waals surface area (Å²) in [6, 6.07) is 14.6. The number of aryl methyl sites for hydroxylation is 1. The highest BCUT2D eigenvalue weighted by Crippen LogP contribution is 2.19. The molecule has 0 aliphatic carbocycles. The van der Waals surface area contributed by atoms with Crippen LogP contribution in [0.4, 0.5) is 5.69 Å². The van der Waals surface area contributed by atoms with E-state index >= 15 is 0 Å². The molecule has 2 aromatic carbocycles. The standard InChI is InChI=1S/C18H23NO/c1-4-11-20-18-10-6-9-17(12-18)19-13-16-8-5-7-14(2)15(16)3/h5-10,12,19H,4,11,13H2,1-3H3. The second-order valence-corrected chi connectivity index (χ2v) is 5.09. The molecule has 0 atom stereocenters. The Bertz CT molecular complexity index is 563. The second-order valence-electron chi connectivity index (χ2n) is 5.09. The van der Waals surface area contributed by atoms with E-state index < -0.39 is 0 Å². The molecule has 0 amide bonds. The van der Waals surface area contributed by atoms with Crippen LogP contribution in [0.3, 0.4) is 0 Å². The molecule has 0 saturated carbocycles. The van der Waals surface area contributed by atoms with Crippen molar-refractivity contribution < 1.29 is 4.74 Å². The molecule has 0 saturated heterocycles. The fourth-order valence-electron chi connectivity index (χ4n) is 2.12. The molecule has 2 aromatic rings. The van der Waals surface area contributed by atoms with Crippen LogP contribution in [0.2, 0.25) is 0 Å². The van der Waals surface area contributed by atoms with E-state index in [0.29, 0.717) is 0 Å². The number of anilines is 1. The number of rotatable bonds is 6. The summed E-state index contributed by atoms with van der Waals surface area (Å²) in [6.45, 7) is 8.04. The van der Waals surface area contributed by atoms with Gasteiger partial charge in [-0.05, 0) is 49.1 Å². The van der Waals surface area contributed by atoms with Gasteiger partial charge in [0.15, 0.2) is 0 Å². The highest BCUT2D eigenvalue weighted by molar-refractivity contribution is 5.49. The van der Waals surface area contributed by atoms with Crippen molar-refractivity contribution in [3.63, 3.8) is 0 Å². The van der Waals surface area contributed by atoms with Crippen LogP contribution in [0.25, 0.3) is 0 Å². The third-order valence-electron chi connectivity index (χ3n) is 3.51. The first-order valence-corrected chi connectivity index (χ1v) is 7.22. The third kappa shape index (κ3) is 3.77. The molecule has 0 aliphatic rings. The summed E-state index contributed by atoms with van der Waals surface area (Å²) in [5, 5.41) is 3.47. The molecule has 0 spiro atoms. The van der Waals surface area contributed by atoms with Crippen LogP contribution in [0.5, 0.6) is 5.75 Å². The summed E-state index contributed by atoms with van der Waals surface area (Å²) in [4.78, 5) is 0. The quantitative estimate of drug-likeness (QED) is 0.820. The Morgan fingerprint density at radius 2 is 1.85 bits per heavy atom. The lowest BCUT2D eigenvalue weighted by Gasteiger charge is -2.12. The number of ether oxygens (including phenoxy) is 1. The van der Waals surface area contributed by atoms with Crippen molar-refractivity contribution in [1.29, 1.82) is 0 Å². The minimum Gasteiger partial charge on any atom is -0.494 e. The number of hydrogen-bond donors (Lipinski definition) is 1. The van der Waals surface area contributed by atoms with Crippen molar-refractivity contribution in [1.82, 2.24) is 0 Å². The molecule has 2 nitrogen and oxygen atoms in total. The van der Waals surface area contributed by atoms with Gasteiger partial charge in [-0.25, -0.2) is 0 Å². The lowest BCUT2D eigenvalue weighted by atomic mass is 10.0. The van der Waals surface area contributed by atoms with E-state index in [2.05, 4.69) is 56.4 Å². The van der Waals surface area contributed by atoms with E-state index in [1.54, 1.807) is 0 Å². The average molecular weight is 269 g/mol. The zero-order chi connectivity index (χ0) is 14.4. The van der Waals surface area contributed by atoms with Gasteiger partial charge in [-0.3, -0.25) is 0 Å². The van der Waals surface area contributed by atoms with Crippen molar-refractivity contribution in [2.24, 2.45) is 0 Å². The number of hydrogen-bond acceptors (Lipinski definition) is 2. The fourth-order valence-corrected chi connectivity index (χ4v) is 2.12. The predicted octanol–water partition coefficient (Wildman–Crippen LogP) is 4.70. The zero-order valence-corrected chi connectivity index (χ0v) is 12.6. The van der Waals surface area contributed by atoms with Gasteiger partial charge in [0.05, 0.1) is 6.61 Å². The molecule has 0 aromatic heterocycles. The highest BCUT2D eigenvalue weighted by atomic mass is 16.5. The van der Waals surface area contributed by atoms with E-state index in [1.165, 1.54) is 16.7 Å². The number of benzene rings is 2. The van der Waals surface area contributed by atoms with Crippen molar-refractivity contribution >= 4 is 5.69 Å². The predicted molar refractivity (Wildman–Crippen MR) is 85.5 cm³/mol. The molecule has 2 rings (SSSR count). The molecule has 0 radical (unpaired) electrons. The van der Waals surface area contributed by atoms with Gasteiger partial charge in [0.25, 0.3) is 0 Å². The van der Waals surface area contributed by atoms with Crippen LogP contribution in [0.15, 0.2) is 42.5 Å². The Hall–Kier alpha value is -1.96. The highest BCUT2D eigenvalue weighted by Gasteiger charge is 2.01. The lowest BCUT2D eigenvalue weighted by Crippen LogP contribution is -2.02. The Morgan fingerprint density at radius 3 is 2.65 bits per heavy atom. The van der Waals surface area contributed by atoms with E-state index in [4.69, 9.17) is 4.74 Å². The average Bonchev–Trinajstić information content (AvgIpc) is 2.47. The van der Waals surface area contributed by atoms with Crippen molar-refractivity contribution in [2.75, 3.05) is 11.9 Å². The topological polar surface area (TPSA) is 21.3 Å². The Morgan fingerprint density at radius 1 is 1.05 bits per heavy atom. The van der Waals surface area contributed by atoms with E-state index in [1.807, 2.05) is 12.1 Å². The fraction of sp³-hybridized carbons (Fsp3) is 0.333. The largest absolute Gasteiger partial charge is 0.494 e. The van der Waals surface area contributed by atoms with Crippen LogP contribution in [-0.2, 0) is 6.54 Å². The Labute approximate surface area is 121 Å². The van der Waals surface area contributed by atoms with Gasteiger partial charge in [-0.2, -0.15) is 0 Å². The van der Waals surface area contributed by atoms with Crippen LogP contribution < -0.4 is 10.1 Å². The van der Waals surface area contributed by atoms with Crippen LogP contribution in [0.1, 0.15) is 30.0 Å². The maximum absolute atomic E-state index is 5.65. The Balaban J connectivity index is 2.01. The zero-order valence-electron chi connectivity index (χ0n) is 12.6. The summed E-state index contributed by atoms with van der Waals surface area (Å²) in [5.74, 6) is 0.929. The SMILES string of the molecule is CCCOc1cccc(NCc2cccc(C)c2C)c1. The van der Waals surface area contributed by atoms with Crippen molar-refractivity contribution in [2.45, 2.75) is 33.7 Å². The van der Waals surface area contributed by atoms with Gasteiger partial charge >= 0.3 is 0 Å². The van der Waals surface area contributed by atoms with E-state index in [-0.39, 0.29) is 0 Å². The molecule has 0 unspecified atom stereocenters. The van der Waals surface area contributed by atoms with Crippen LogP contribution in [0, 0.1) is 13.8 Å². The summed E-state index contributed by atoms with van der Waals surface area (Å²) in [7, 11) is 0. The number of nitrogens with one attached hydrogen (secondary N) is 1. The van der Waals surface area contributed by atoms with Gasteiger partial charge in [-0.15, -0.1) is 0 Å². The molecule has 1 N–H and O–H groups in total. The molecular weight excluding hydrogens is 246 g/mol. The van der Waals surface area contributed by atoms with Crippen molar-refractivity contribution in [3.8, 4) is 5.75 Å². The molecule has 0 bridgehead atoms. The van der Waals surface area contributed by atoms with Crippen LogP contribution in [-0.4, -0.2) is 6.61 Å². The Kier molecular flexibility index (Phi) is 5.05. The summed E-state index contributed by atoms with van der Waals surface area (Å²) >= 11 is 0. The molecule has 20 heavy (non-hydrogen) atoms. The van der Waals surface area contributed by atoms with Gasteiger partial charge in [0, 0.05) is 18.3 Å². The summed E-state index contributed by atoms with van der Waals surface area (Å²) in [6.07, 6.45) is 1.03. The maximum atomic E-state index is 5.65. The molecule has 2 heteroatoms. The molecular formula is C18H23NO. The van der Waals surface area contributed by atoms with E-state index in [9.17, 15) is 0 Å². The van der Waals surface area contributed by atoms with Crippen LogP contribution >= 0.6 is 0 Å². The first kappa shape index (κ1) is 14.4. The van der Waals surface area contributed by atoms with Gasteiger partial charge < -0.3 is 10.1 Å². The minimum atomic E-state index is 0.764. The molecule has 106 valence electrons.